The molecule has 9 heteroatoms. The van der Waals surface area contributed by atoms with Crippen molar-refractivity contribution in [2.75, 3.05) is 12.5 Å². The third-order valence-corrected chi connectivity index (χ3v) is 4.98. The molecule has 0 aliphatic carbocycles. The van der Waals surface area contributed by atoms with Gasteiger partial charge in [0.1, 0.15) is 5.75 Å². The van der Waals surface area contributed by atoms with Crippen LogP contribution in [0, 0.1) is 0 Å². The normalized spacial score (nSPS) is 11.4. The fraction of sp³-hybridized carbons (Fsp3) is 0.100. The number of methoxy groups -OCH3 is 1. The molecule has 146 valence electrons. The van der Waals surface area contributed by atoms with E-state index in [0.717, 1.165) is 11.3 Å². The molecule has 2 N–H and O–H groups in total. The maximum Gasteiger partial charge on any atom is 0.437 e. The van der Waals surface area contributed by atoms with Gasteiger partial charge in [-0.25, -0.2) is 9.78 Å². The topological polar surface area (TPSA) is 96.4 Å². The van der Waals surface area contributed by atoms with E-state index >= 15 is 0 Å². The first-order chi connectivity index (χ1) is 14.2. The van der Waals surface area contributed by atoms with Crippen LogP contribution in [0.15, 0.2) is 74.4 Å². The second-order valence-electron chi connectivity index (χ2n) is 6.08. The summed E-state index contributed by atoms with van der Waals surface area (Å²) in [4.78, 5) is 16.7. The predicted octanol–water partition coefficient (Wildman–Crippen LogP) is 3.21. The molecule has 0 aliphatic heterocycles. The van der Waals surface area contributed by atoms with Gasteiger partial charge in [-0.1, -0.05) is 30.3 Å². The molecule has 0 fully saturated rings. The van der Waals surface area contributed by atoms with E-state index in [1.807, 2.05) is 49.4 Å². The monoisotopic (exact) mass is 408 g/mol. The van der Waals surface area contributed by atoms with Gasteiger partial charge in [-0.2, -0.15) is 5.10 Å². The Morgan fingerprint density at radius 3 is 2.69 bits per heavy atom. The van der Waals surface area contributed by atoms with Crippen LogP contribution in [-0.2, 0) is 0 Å². The molecule has 8 nitrogen and oxygen atoms in total. The molecule has 2 aromatic heterocycles. The molecule has 0 radical (unpaired) electrons. The van der Waals surface area contributed by atoms with Crippen LogP contribution in [0.1, 0.15) is 12.5 Å². The molecule has 0 saturated carbocycles. The lowest BCUT2D eigenvalue weighted by Gasteiger charge is -2.00. The minimum Gasteiger partial charge on any atom is -0.497 e. The first kappa shape index (κ1) is 18.6. The van der Waals surface area contributed by atoms with Crippen molar-refractivity contribution in [3.63, 3.8) is 0 Å². The van der Waals surface area contributed by atoms with E-state index in [2.05, 4.69) is 20.8 Å². The molecular formula is C20H18N5O3S+. The lowest BCUT2D eigenvalue weighted by molar-refractivity contribution is -0.660. The first-order valence-electron chi connectivity index (χ1n) is 8.75. The van der Waals surface area contributed by atoms with Crippen LogP contribution in [0.5, 0.6) is 5.75 Å². The van der Waals surface area contributed by atoms with Crippen molar-refractivity contribution in [3.8, 4) is 22.8 Å². The molecule has 0 atom stereocenters. The summed E-state index contributed by atoms with van der Waals surface area (Å²) in [6.45, 7) is 1.91. The van der Waals surface area contributed by atoms with Crippen LogP contribution < -0.4 is 20.5 Å². The number of benzene rings is 2. The summed E-state index contributed by atoms with van der Waals surface area (Å²) in [6, 6.07) is 17.1. The molecule has 4 rings (SSSR count). The zero-order valence-electron chi connectivity index (χ0n) is 15.7. The molecule has 0 saturated heterocycles. The van der Waals surface area contributed by atoms with Crippen LogP contribution in [0.4, 0.5) is 5.13 Å². The average molecular weight is 408 g/mol. The predicted molar refractivity (Wildman–Crippen MR) is 111 cm³/mol. The third kappa shape index (κ3) is 3.94. The highest BCUT2D eigenvalue weighted by Gasteiger charge is 2.27. The van der Waals surface area contributed by atoms with Crippen molar-refractivity contribution in [3.05, 3.63) is 76.0 Å². The Hall–Kier alpha value is -3.72. The van der Waals surface area contributed by atoms with Gasteiger partial charge in [0.15, 0.2) is 5.69 Å². The van der Waals surface area contributed by atoms with Crippen LogP contribution in [0.25, 0.3) is 17.1 Å². The lowest BCUT2D eigenvalue weighted by atomic mass is 10.1. The van der Waals surface area contributed by atoms with Crippen LogP contribution >= 0.6 is 11.3 Å². The molecule has 2 aromatic carbocycles. The number of anilines is 1. The SMILES string of the molecule is COc1ccc(-[n+]2[nH]oc(=O)c2-c2csc(N/N=C(\C)c3ccccc3)n2)cc1. The van der Waals surface area contributed by atoms with Crippen molar-refractivity contribution >= 4 is 22.2 Å². The number of aromatic nitrogens is 3. The molecule has 4 aromatic rings. The summed E-state index contributed by atoms with van der Waals surface area (Å²) in [5, 5.41) is 9.32. The van der Waals surface area contributed by atoms with Gasteiger partial charge in [0.25, 0.3) is 0 Å². The molecule has 0 bridgehead atoms. The summed E-state index contributed by atoms with van der Waals surface area (Å²) >= 11 is 1.35. The summed E-state index contributed by atoms with van der Waals surface area (Å²) in [7, 11) is 1.60. The van der Waals surface area contributed by atoms with E-state index in [0.29, 0.717) is 28.0 Å². The molecular weight excluding hydrogens is 390 g/mol. The van der Waals surface area contributed by atoms with Crippen molar-refractivity contribution in [1.29, 1.82) is 0 Å². The number of ether oxygens (including phenoxy) is 1. The zero-order valence-corrected chi connectivity index (χ0v) is 16.6. The standard InChI is InChI=1S/C20H17N5O3S/c1-13(14-6-4-3-5-7-14)22-23-20-21-17(12-29-20)18-19(26)28-24-25(18)15-8-10-16(27-2)11-9-15/h3-12H,1-2H3,(H-,21,23,24,26)/p+1/b22-13+. The van der Waals surface area contributed by atoms with Gasteiger partial charge in [0, 0.05) is 17.5 Å². The van der Waals surface area contributed by atoms with Gasteiger partial charge in [0.2, 0.25) is 10.8 Å². The van der Waals surface area contributed by atoms with E-state index in [1.165, 1.54) is 11.3 Å². The number of nitrogens with one attached hydrogen (secondary N) is 2. The Bertz CT molecular complexity index is 1190. The number of thiazole rings is 1. The van der Waals surface area contributed by atoms with Crippen LogP contribution in [0.2, 0.25) is 0 Å². The summed E-state index contributed by atoms with van der Waals surface area (Å²) in [5.41, 5.74) is 5.77. The number of rotatable bonds is 6. The molecule has 0 amide bonds. The van der Waals surface area contributed by atoms with Crippen molar-refractivity contribution < 1.29 is 13.9 Å². The highest BCUT2D eigenvalue weighted by atomic mass is 32.1. The van der Waals surface area contributed by atoms with E-state index in [4.69, 9.17) is 9.26 Å². The lowest BCUT2D eigenvalue weighted by Crippen LogP contribution is -2.36. The smallest absolute Gasteiger partial charge is 0.437 e. The summed E-state index contributed by atoms with van der Waals surface area (Å²) < 4.78 is 11.7. The molecule has 29 heavy (non-hydrogen) atoms. The highest BCUT2D eigenvalue weighted by molar-refractivity contribution is 7.14. The Kier molecular flexibility index (Phi) is 5.21. The number of hydrogen-bond acceptors (Lipinski definition) is 7. The quantitative estimate of drug-likeness (QED) is 0.290. The minimum atomic E-state index is -0.512. The van der Waals surface area contributed by atoms with Gasteiger partial charge >= 0.3 is 11.3 Å². The van der Waals surface area contributed by atoms with E-state index in [1.54, 1.807) is 29.3 Å². The van der Waals surface area contributed by atoms with Crippen LogP contribution in [0.3, 0.4) is 0 Å². The van der Waals surface area contributed by atoms with Crippen LogP contribution in [-0.4, -0.2) is 23.1 Å². The van der Waals surface area contributed by atoms with E-state index in [9.17, 15) is 4.79 Å². The van der Waals surface area contributed by atoms with E-state index < -0.39 is 5.63 Å². The fourth-order valence-corrected chi connectivity index (χ4v) is 3.35. The van der Waals surface area contributed by atoms with Gasteiger partial charge in [-0.05, 0) is 34.6 Å². The van der Waals surface area contributed by atoms with Gasteiger partial charge in [-0.3, -0.25) is 9.95 Å². The van der Waals surface area contributed by atoms with Gasteiger partial charge in [0.05, 0.1) is 12.8 Å². The van der Waals surface area contributed by atoms with E-state index in [-0.39, 0.29) is 0 Å². The number of H-pyrrole nitrogens is 1. The maximum absolute atomic E-state index is 12.3. The largest absolute Gasteiger partial charge is 0.497 e. The fourth-order valence-electron chi connectivity index (χ4n) is 2.71. The average Bonchev–Trinajstić information content (AvgIpc) is 3.39. The zero-order chi connectivity index (χ0) is 20.2. The molecule has 0 aliphatic rings. The molecule has 2 heterocycles. The second-order valence-corrected chi connectivity index (χ2v) is 6.93. The Balaban J connectivity index is 1.60. The number of nitrogens with zero attached hydrogens (tertiary/aromatic N) is 3. The van der Waals surface area contributed by atoms with Crippen molar-refractivity contribution in [1.82, 2.24) is 10.3 Å². The van der Waals surface area contributed by atoms with Crippen molar-refractivity contribution in [2.45, 2.75) is 6.92 Å². The third-order valence-electron chi connectivity index (χ3n) is 4.23. The Morgan fingerprint density at radius 2 is 1.97 bits per heavy atom. The Labute approximate surface area is 170 Å². The second kappa shape index (κ2) is 8.11. The highest BCUT2D eigenvalue weighted by Crippen LogP contribution is 2.22. The molecule has 0 unspecified atom stereocenters. The summed E-state index contributed by atoms with van der Waals surface area (Å²) in [5.74, 6) is 0.716. The Morgan fingerprint density at radius 1 is 1.21 bits per heavy atom. The number of hydrogen-bond donors (Lipinski definition) is 2. The van der Waals surface area contributed by atoms with Gasteiger partial charge in [-0.15, -0.1) is 11.3 Å². The van der Waals surface area contributed by atoms with Crippen molar-refractivity contribution in [2.24, 2.45) is 5.10 Å². The summed E-state index contributed by atoms with van der Waals surface area (Å²) in [6.07, 6.45) is 0. The number of aromatic amines is 1. The maximum atomic E-state index is 12.3. The minimum absolute atomic E-state index is 0.295. The number of hydrazone groups is 1. The molecule has 0 spiro atoms. The van der Waals surface area contributed by atoms with Gasteiger partial charge < -0.3 is 4.74 Å². The first-order valence-corrected chi connectivity index (χ1v) is 9.63.